The molecule has 3 aromatic rings. The minimum atomic E-state index is -0.536. The highest BCUT2D eigenvalue weighted by Crippen LogP contribution is 2.49. The predicted octanol–water partition coefficient (Wildman–Crippen LogP) is 5.79. The van der Waals surface area contributed by atoms with Gasteiger partial charge >= 0.3 is 5.97 Å². The highest BCUT2D eigenvalue weighted by atomic mass is 16.5. The summed E-state index contributed by atoms with van der Waals surface area (Å²) in [5, 5.41) is 12.5. The highest BCUT2D eigenvalue weighted by molar-refractivity contribution is 5.96. The average molecular weight is 455 g/mol. The Kier molecular flexibility index (Phi) is 6.18. The molecule has 1 heterocycles. The first-order valence-electron chi connectivity index (χ1n) is 11.8. The molecule has 5 rings (SSSR count). The lowest BCUT2D eigenvalue weighted by Crippen LogP contribution is -2.23. The molecule has 1 N–H and O–H groups in total. The SMILES string of the molecule is N#Cc1c(NC(=O)COC(=O)CC2CC3CCC2C3)oc(-c2ccccc2)c1-c1ccccc1. The van der Waals surface area contributed by atoms with Crippen LogP contribution in [0, 0.1) is 29.1 Å². The lowest BCUT2D eigenvalue weighted by Gasteiger charge is -2.20. The van der Waals surface area contributed by atoms with Gasteiger partial charge in [0.25, 0.3) is 5.91 Å². The third kappa shape index (κ3) is 4.47. The first-order valence-corrected chi connectivity index (χ1v) is 11.8. The Labute approximate surface area is 198 Å². The van der Waals surface area contributed by atoms with E-state index in [1.165, 1.54) is 19.3 Å². The van der Waals surface area contributed by atoms with Gasteiger partial charge in [-0.05, 0) is 42.6 Å². The number of hydrogen-bond acceptors (Lipinski definition) is 5. The number of nitrogens with zero attached hydrogens (tertiary/aromatic N) is 1. The van der Waals surface area contributed by atoms with E-state index in [1.54, 1.807) is 0 Å². The Balaban J connectivity index is 1.31. The van der Waals surface area contributed by atoms with Crippen LogP contribution in [0.5, 0.6) is 0 Å². The van der Waals surface area contributed by atoms with Crippen LogP contribution < -0.4 is 5.32 Å². The van der Waals surface area contributed by atoms with Crippen molar-refractivity contribution in [1.82, 2.24) is 0 Å². The Hall–Kier alpha value is -3.85. The van der Waals surface area contributed by atoms with E-state index in [0.717, 1.165) is 23.5 Å². The van der Waals surface area contributed by atoms with Crippen LogP contribution in [0.3, 0.4) is 0 Å². The van der Waals surface area contributed by atoms with E-state index < -0.39 is 12.5 Å². The number of carbonyl (C=O) groups is 2. The lowest BCUT2D eigenvalue weighted by atomic mass is 9.86. The van der Waals surface area contributed by atoms with Gasteiger partial charge in [-0.1, -0.05) is 67.1 Å². The number of benzene rings is 2. The molecule has 3 unspecified atom stereocenters. The molecule has 2 saturated carbocycles. The number of rotatable bonds is 7. The zero-order chi connectivity index (χ0) is 23.5. The van der Waals surface area contributed by atoms with Crippen LogP contribution in [0.15, 0.2) is 65.1 Å². The van der Waals surface area contributed by atoms with Gasteiger partial charge in [0.2, 0.25) is 5.88 Å². The quantitative estimate of drug-likeness (QED) is 0.456. The fourth-order valence-electron chi connectivity index (χ4n) is 5.51. The molecule has 0 aliphatic heterocycles. The van der Waals surface area contributed by atoms with Crippen molar-refractivity contribution in [2.45, 2.75) is 32.1 Å². The Bertz CT molecular complexity index is 1230. The summed E-state index contributed by atoms with van der Waals surface area (Å²) < 4.78 is 11.3. The van der Waals surface area contributed by atoms with E-state index in [4.69, 9.17) is 9.15 Å². The number of anilines is 1. The summed E-state index contributed by atoms with van der Waals surface area (Å²) in [6.07, 6.45) is 5.16. The molecule has 0 saturated heterocycles. The Morgan fingerprint density at radius 3 is 2.32 bits per heavy atom. The van der Waals surface area contributed by atoms with Gasteiger partial charge in [-0.3, -0.25) is 14.9 Å². The predicted molar refractivity (Wildman–Crippen MR) is 127 cm³/mol. The summed E-state index contributed by atoms with van der Waals surface area (Å²) in [6, 6.07) is 21.0. The topological polar surface area (TPSA) is 92.3 Å². The number of carbonyl (C=O) groups excluding carboxylic acids is 2. The van der Waals surface area contributed by atoms with Crippen molar-refractivity contribution in [1.29, 1.82) is 5.26 Å². The molecule has 2 aromatic carbocycles. The van der Waals surface area contributed by atoms with Crippen molar-refractivity contribution >= 4 is 17.8 Å². The number of esters is 1. The molecule has 1 aromatic heterocycles. The van der Waals surface area contributed by atoms with Crippen LogP contribution in [0.25, 0.3) is 22.5 Å². The van der Waals surface area contributed by atoms with Crippen molar-refractivity contribution in [3.63, 3.8) is 0 Å². The zero-order valence-electron chi connectivity index (χ0n) is 18.8. The minimum absolute atomic E-state index is 0.0503. The second-order valence-corrected chi connectivity index (χ2v) is 9.20. The van der Waals surface area contributed by atoms with Gasteiger partial charge in [0.15, 0.2) is 6.61 Å². The molecule has 34 heavy (non-hydrogen) atoms. The standard InChI is InChI=1S/C28H26N2O4/c29-16-23-26(19-7-3-1-4-8-19)27(20-9-5-2-6-10-20)34-28(23)30-24(31)17-33-25(32)15-22-14-18-11-12-21(22)13-18/h1-10,18,21-22H,11-15,17H2,(H,30,31). The summed E-state index contributed by atoms with van der Waals surface area (Å²) in [5.41, 5.74) is 2.43. The largest absolute Gasteiger partial charge is 0.456 e. The van der Waals surface area contributed by atoms with Gasteiger partial charge in [0.1, 0.15) is 17.4 Å². The summed E-state index contributed by atoms with van der Waals surface area (Å²) >= 11 is 0. The summed E-state index contributed by atoms with van der Waals surface area (Å²) in [7, 11) is 0. The molecule has 0 spiro atoms. The number of nitriles is 1. The molecule has 0 radical (unpaired) electrons. The van der Waals surface area contributed by atoms with Crippen LogP contribution >= 0.6 is 0 Å². The average Bonchev–Trinajstić information content (AvgIpc) is 3.58. The van der Waals surface area contributed by atoms with Crippen LogP contribution in [-0.2, 0) is 14.3 Å². The van der Waals surface area contributed by atoms with Gasteiger partial charge in [0, 0.05) is 17.5 Å². The maximum Gasteiger partial charge on any atom is 0.306 e. The third-order valence-electron chi connectivity index (χ3n) is 7.05. The van der Waals surface area contributed by atoms with E-state index in [2.05, 4.69) is 11.4 Å². The molecule has 2 bridgehead atoms. The smallest absolute Gasteiger partial charge is 0.306 e. The molecule has 3 atom stereocenters. The number of ether oxygens (including phenoxy) is 1. The molecule has 2 aliphatic rings. The van der Waals surface area contributed by atoms with Crippen molar-refractivity contribution in [2.24, 2.45) is 17.8 Å². The van der Waals surface area contributed by atoms with E-state index in [-0.39, 0.29) is 17.4 Å². The van der Waals surface area contributed by atoms with Gasteiger partial charge in [-0.15, -0.1) is 0 Å². The molecule has 2 aliphatic carbocycles. The molecule has 2 fully saturated rings. The fraction of sp³-hybridized carbons (Fsp3) is 0.321. The second kappa shape index (κ2) is 9.56. The molecular formula is C28H26N2O4. The number of nitrogens with one attached hydrogen (secondary N) is 1. The van der Waals surface area contributed by atoms with E-state index in [0.29, 0.717) is 29.6 Å². The maximum atomic E-state index is 12.6. The monoisotopic (exact) mass is 454 g/mol. The summed E-state index contributed by atoms with van der Waals surface area (Å²) in [5.74, 6) is 1.42. The fourth-order valence-corrected chi connectivity index (χ4v) is 5.51. The first-order chi connectivity index (χ1) is 16.6. The van der Waals surface area contributed by atoms with E-state index >= 15 is 0 Å². The first kappa shape index (κ1) is 22.0. The van der Waals surface area contributed by atoms with Gasteiger partial charge < -0.3 is 9.15 Å². The summed E-state index contributed by atoms with van der Waals surface area (Å²) in [4.78, 5) is 24.9. The van der Waals surface area contributed by atoms with Gasteiger partial charge in [0.05, 0.1) is 0 Å². The van der Waals surface area contributed by atoms with E-state index in [9.17, 15) is 14.9 Å². The van der Waals surface area contributed by atoms with Crippen molar-refractivity contribution in [3.05, 3.63) is 66.2 Å². The van der Waals surface area contributed by atoms with E-state index in [1.807, 2.05) is 60.7 Å². The molecular weight excluding hydrogens is 428 g/mol. The number of furan rings is 1. The van der Waals surface area contributed by atoms with Crippen LogP contribution in [0.2, 0.25) is 0 Å². The van der Waals surface area contributed by atoms with Crippen molar-refractivity contribution in [3.8, 4) is 28.5 Å². The Morgan fingerprint density at radius 1 is 1.00 bits per heavy atom. The van der Waals surface area contributed by atoms with Crippen LogP contribution in [-0.4, -0.2) is 18.5 Å². The zero-order valence-corrected chi connectivity index (χ0v) is 18.8. The molecule has 1 amide bonds. The second-order valence-electron chi connectivity index (χ2n) is 9.20. The molecule has 6 heteroatoms. The minimum Gasteiger partial charge on any atom is -0.456 e. The normalized spacial score (nSPS) is 20.6. The molecule has 6 nitrogen and oxygen atoms in total. The lowest BCUT2D eigenvalue weighted by molar-refractivity contribution is -0.148. The molecule has 172 valence electrons. The van der Waals surface area contributed by atoms with Crippen molar-refractivity contribution in [2.75, 3.05) is 11.9 Å². The van der Waals surface area contributed by atoms with Crippen LogP contribution in [0.4, 0.5) is 5.88 Å². The summed E-state index contributed by atoms with van der Waals surface area (Å²) in [6.45, 7) is -0.410. The van der Waals surface area contributed by atoms with Gasteiger partial charge in [-0.25, -0.2) is 0 Å². The van der Waals surface area contributed by atoms with Crippen LogP contribution in [0.1, 0.15) is 37.7 Å². The number of amides is 1. The van der Waals surface area contributed by atoms with Gasteiger partial charge in [-0.2, -0.15) is 5.26 Å². The highest BCUT2D eigenvalue weighted by Gasteiger charge is 2.40. The Morgan fingerprint density at radius 2 is 1.71 bits per heavy atom. The number of fused-ring (bicyclic) bond motifs is 2. The third-order valence-corrected chi connectivity index (χ3v) is 7.05. The number of hydrogen-bond donors (Lipinski definition) is 1. The van der Waals surface area contributed by atoms with Crippen molar-refractivity contribution < 1.29 is 18.7 Å². The maximum absolute atomic E-state index is 12.6.